The fourth-order valence-electron chi connectivity index (χ4n) is 1.59. The van der Waals surface area contributed by atoms with Gasteiger partial charge in [0.2, 0.25) is 0 Å². The molecule has 0 aromatic heterocycles. The van der Waals surface area contributed by atoms with E-state index in [0.29, 0.717) is 0 Å². The van der Waals surface area contributed by atoms with Gasteiger partial charge in [-0.15, -0.1) is 0 Å². The topological polar surface area (TPSA) is 78.4 Å². The van der Waals surface area contributed by atoms with Crippen LogP contribution in [0.1, 0.15) is 5.56 Å². The van der Waals surface area contributed by atoms with Crippen LogP contribution in [0.2, 0.25) is 0 Å². The molecule has 8 heteroatoms. The summed E-state index contributed by atoms with van der Waals surface area (Å²) in [7, 11) is 0. The van der Waals surface area contributed by atoms with Crippen LogP contribution in [-0.4, -0.2) is 4.92 Å². The highest BCUT2D eigenvalue weighted by atomic mass is 19.4. The molecule has 0 aliphatic rings. The second-order valence-corrected chi connectivity index (χ2v) is 4.10. The molecule has 0 heterocycles. The first-order chi connectivity index (χ1) is 9.77. The van der Waals surface area contributed by atoms with Crippen LogP contribution >= 0.6 is 0 Å². The maximum Gasteiger partial charge on any atom is 0.416 e. The normalized spacial score (nSPS) is 11.2. The summed E-state index contributed by atoms with van der Waals surface area (Å²) in [5.41, 5.74) is 4.26. The zero-order chi connectivity index (χ0) is 15.6. The predicted octanol–water partition coefficient (Wildman–Crippen LogP) is 3.99. The number of nitro groups is 1. The van der Waals surface area contributed by atoms with Crippen molar-refractivity contribution in [2.24, 2.45) is 0 Å². The van der Waals surface area contributed by atoms with Crippen LogP contribution in [0.3, 0.4) is 0 Å². The van der Waals surface area contributed by atoms with E-state index in [1.807, 2.05) is 0 Å². The number of nitrogen functional groups attached to an aromatic ring is 1. The molecule has 0 saturated carbocycles. The molecule has 110 valence electrons. The zero-order valence-electron chi connectivity index (χ0n) is 10.4. The Bertz CT molecular complexity index is 669. The molecular weight excluding hydrogens is 289 g/mol. The average molecular weight is 298 g/mol. The Balaban J connectivity index is 2.22. The lowest BCUT2D eigenvalue weighted by atomic mass is 10.2. The maximum atomic E-state index is 12.4. The first-order valence-electron chi connectivity index (χ1n) is 5.66. The van der Waals surface area contributed by atoms with Crippen molar-refractivity contribution in [2.45, 2.75) is 6.18 Å². The molecular formula is C13H9F3N2O3. The summed E-state index contributed by atoms with van der Waals surface area (Å²) in [6.07, 6.45) is -4.43. The first kappa shape index (κ1) is 14.6. The van der Waals surface area contributed by atoms with Crippen molar-refractivity contribution in [2.75, 3.05) is 5.73 Å². The number of rotatable bonds is 3. The number of hydrogen-bond acceptors (Lipinski definition) is 4. The van der Waals surface area contributed by atoms with Crippen molar-refractivity contribution in [3.63, 3.8) is 0 Å². The molecule has 2 aromatic rings. The van der Waals surface area contributed by atoms with Gasteiger partial charge < -0.3 is 10.5 Å². The summed E-state index contributed by atoms with van der Waals surface area (Å²) in [5.74, 6) is 0.234. The van der Waals surface area contributed by atoms with E-state index < -0.39 is 16.7 Å². The molecule has 0 aliphatic heterocycles. The Morgan fingerprint density at radius 2 is 1.62 bits per heavy atom. The van der Waals surface area contributed by atoms with Gasteiger partial charge in [0.1, 0.15) is 17.2 Å². The van der Waals surface area contributed by atoms with E-state index in [2.05, 4.69) is 0 Å². The van der Waals surface area contributed by atoms with E-state index in [-0.39, 0.29) is 22.9 Å². The molecule has 0 saturated heterocycles. The fourth-order valence-corrected chi connectivity index (χ4v) is 1.59. The Kier molecular flexibility index (Phi) is 3.70. The Morgan fingerprint density at radius 3 is 2.14 bits per heavy atom. The molecule has 0 spiro atoms. The third kappa shape index (κ3) is 3.41. The third-order valence-corrected chi connectivity index (χ3v) is 2.62. The van der Waals surface area contributed by atoms with Crippen LogP contribution in [0.25, 0.3) is 0 Å². The lowest BCUT2D eigenvalue weighted by Crippen LogP contribution is -2.04. The number of halogens is 3. The van der Waals surface area contributed by atoms with Gasteiger partial charge in [0.05, 0.1) is 16.6 Å². The molecule has 2 N–H and O–H groups in total. The van der Waals surface area contributed by atoms with Gasteiger partial charge in [-0.05, 0) is 36.4 Å². The van der Waals surface area contributed by atoms with E-state index in [0.717, 1.165) is 30.3 Å². The molecule has 0 radical (unpaired) electrons. The molecule has 0 bridgehead atoms. The number of anilines is 1. The minimum atomic E-state index is -4.43. The number of benzene rings is 2. The van der Waals surface area contributed by atoms with Gasteiger partial charge in [-0.3, -0.25) is 10.1 Å². The minimum Gasteiger partial charge on any atom is -0.457 e. The maximum absolute atomic E-state index is 12.4. The second-order valence-electron chi connectivity index (χ2n) is 4.10. The summed E-state index contributed by atoms with van der Waals surface area (Å²) < 4.78 is 42.5. The number of nitrogens with zero attached hydrogens (tertiary/aromatic N) is 1. The van der Waals surface area contributed by atoms with Crippen LogP contribution in [0.4, 0.5) is 24.5 Å². The predicted molar refractivity (Wildman–Crippen MR) is 69.0 cm³/mol. The van der Waals surface area contributed by atoms with Gasteiger partial charge in [0.15, 0.2) is 0 Å². The van der Waals surface area contributed by atoms with Gasteiger partial charge >= 0.3 is 6.18 Å². The highest BCUT2D eigenvalue weighted by Gasteiger charge is 2.30. The van der Waals surface area contributed by atoms with Gasteiger partial charge in [-0.2, -0.15) is 13.2 Å². The molecule has 0 fully saturated rings. The van der Waals surface area contributed by atoms with Crippen molar-refractivity contribution in [3.05, 3.63) is 58.1 Å². The summed E-state index contributed by atoms with van der Waals surface area (Å²) in [5, 5.41) is 10.7. The first-order valence-corrected chi connectivity index (χ1v) is 5.66. The Labute approximate surface area is 116 Å². The van der Waals surface area contributed by atoms with E-state index in [4.69, 9.17) is 10.5 Å². The van der Waals surface area contributed by atoms with Crippen LogP contribution in [0.15, 0.2) is 42.5 Å². The van der Waals surface area contributed by atoms with Crippen LogP contribution in [-0.2, 0) is 6.18 Å². The second kappa shape index (κ2) is 5.31. The fraction of sp³-hybridized carbons (Fsp3) is 0.0769. The number of alkyl halides is 3. The smallest absolute Gasteiger partial charge is 0.416 e. The minimum absolute atomic E-state index is 0.0280. The van der Waals surface area contributed by atoms with Gasteiger partial charge in [0.25, 0.3) is 5.69 Å². The van der Waals surface area contributed by atoms with E-state index in [9.17, 15) is 23.3 Å². The number of nitrogens with two attached hydrogens (primary N) is 1. The molecule has 2 rings (SSSR count). The van der Waals surface area contributed by atoms with Gasteiger partial charge in [0, 0.05) is 0 Å². The van der Waals surface area contributed by atoms with Crippen molar-refractivity contribution >= 4 is 11.4 Å². The van der Waals surface area contributed by atoms with E-state index in [1.165, 1.54) is 12.1 Å². The SMILES string of the molecule is Nc1ccc(Oc2ccc(C(F)(F)F)cc2)cc1[N+](=O)[O-]. The summed E-state index contributed by atoms with van der Waals surface area (Å²) in [6.45, 7) is 0. The number of hydrogen-bond donors (Lipinski definition) is 1. The highest BCUT2D eigenvalue weighted by Crippen LogP contribution is 2.33. The standard InChI is InChI=1S/C13H9F3N2O3/c14-13(15,16)8-1-3-9(4-2-8)21-10-5-6-11(17)12(7-10)18(19)20/h1-7H,17H2. The summed E-state index contributed by atoms with van der Waals surface area (Å²) in [6, 6.07) is 7.77. The summed E-state index contributed by atoms with van der Waals surface area (Å²) >= 11 is 0. The molecule has 0 aliphatic carbocycles. The highest BCUT2D eigenvalue weighted by molar-refractivity contribution is 5.61. The van der Waals surface area contributed by atoms with Crippen molar-refractivity contribution in [1.29, 1.82) is 0 Å². The van der Waals surface area contributed by atoms with Gasteiger partial charge in [-0.25, -0.2) is 0 Å². The van der Waals surface area contributed by atoms with Crippen LogP contribution in [0, 0.1) is 10.1 Å². The molecule has 21 heavy (non-hydrogen) atoms. The number of ether oxygens (including phenoxy) is 1. The lowest BCUT2D eigenvalue weighted by Gasteiger charge is -2.09. The monoisotopic (exact) mass is 298 g/mol. The molecule has 5 nitrogen and oxygen atoms in total. The largest absolute Gasteiger partial charge is 0.457 e. The molecule has 0 atom stereocenters. The van der Waals surface area contributed by atoms with E-state index >= 15 is 0 Å². The van der Waals surface area contributed by atoms with Crippen molar-refractivity contribution in [1.82, 2.24) is 0 Å². The van der Waals surface area contributed by atoms with Crippen LogP contribution in [0.5, 0.6) is 11.5 Å². The molecule has 0 unspecified atom stereocenters. The van der Waals surface area contributed by atoms with Crippen molar-refractivity contribution in [3.8, 4) is 11.5 Å². The van der Waals surface area contributed by atoms with Gasteiger partial charge in [-0.1, -0.05) is 0 Å². The quantitative estimate of drug-likeness (QED) is 0.528. The molecule has 2 aromatic carbocycles. The zero-order valence-corrected chi connectivity index (χ0v) is 10.4. The number of nitro benzene ring substituents is 1. The summed E-state index contributed by atoms with van der Waals surface area (Å²) in [4.78, 5) is 10.1. The Morgan fingerprint density at radius 1 is 1.05 bits per heavy atom. The van der Waals surface area contributed by atoms with Crippen LogP contribution < -0.4 is 10.5 Å². The average Bonchev–Trinajstić information content (AvgIpc) is 2.40. The Hall–Kier alpha value is -2.77. The van der Waals surface area contributed by atoms with Crippen molar-refractivity contribution < 1.29 is 22.8 Å². The van der Waals surface area contributed by atoms with E-state index in [1.54, 1.807) is 0 Å². The lowest BCUT2D eigenvalue weighted by molar-refractivity contribution is -0.384. The molecule has 0 amide bonds. The third-order valence-electron chi connectivity index (χ3n) is 2.62.